The van der Waals surface area contributed by atoms with Crippen molar-refractivity contribution in [1.29, 1.82) is 0 Å². The van der Waals surface area contributed by atoms with Crippen LogP contribution in [0.25, 0.3) is 0 Å². The molecule has 0 bridgehead atoms. The zero-order chi connectivity index (χ0) is 12.4. The van der Waals surface area contributed by atoms with Crippen LogP contribution in [0, 0.1) is 11.8 Å². The Morgan fingerprint density at radius 3 is 2.20 bits per heavy atom. The van der Waals surface area contributed by atoms with Gasteiger partial charge in [-0.15, -0.1) is 0 Å². The molecule has 0 saturated carbocycles. The van der Waals surface area contributed by atoms with Crippen LogP contribution in [0.1, 0.15) is 21.9 Å². The zero-order valence-corrected chi connectivity index (χ0v) is 5.62. The first-order chi connectivity index (χ1) is 7.23. The number of hydrogen-bond donors (Lipinski definition) is 0. The Morgan fingerprint density at radius 2 is 1.70 bits per heavy atom. The maximum Gasteiger partial charge on any atom is 0.0233 e. The second-order valence-corrected chi connectivity index (χ2v) is 2.21. The summed E-state index contributed by atoms with van der Waals surface area (Å²) in [7, 11) is 0. The molecule has 0 aromatic carbocycles. The fraction of sp³-hybridized carbons (Fsp3) is 0.400. The van der Waals surface area contributed by atoms with Crippen LogP contribution in [-0.2, 0) is 0 Å². The molecular formula is C10H14. The van der Waals surface area contributed by atoms with Crippen LogP contribution >= 0.6 is 0 Å². The van der Waals surface area contributed by atoms with E-state index in [4.69, 9.17) is 8.22 Å². The molecule has 0 amide bonds. The minimum Gasteiger partial charge on any atom is -0.0774 e. The molecule has 0 atom stereocenters. The van der Waals surface area contributed by atoms with Crippen LogP contribution < -0.4 is 0 Å². The van der Waals surface area contributed by atoms with Crippen molar-refractivity contribution in [3.63, 3.8) is 0 Å². The number of rotatable bonds is 1. The Labute approximate surface area is 71.4 Å². The van der Waals surface area contributed by atoms with E-state index in [9.17, 15) is 0 Å². The molecule has 0 saturated heterocycles. The van der Waals surface area contributed by atoms with Gasteiger partial charge in [-0.2, -0.15) is 0 Å². The molecule has 10 heavy (non-hydrogen) atoms. The van der Waals surface area contributed by atoms with E-state index in [0.717, 1.165) is 0 Å². The van der Waals surface area contributed by atoms with E-state index in [1.807, 2.05) is 0 Å². The van der Waals surface area contributed by atoms with Gasteiger partial charge in [0, 0.05) is 8.22 Å². The maximum absolute atomic E-state index is 7.34. The predicted octanol–water partition coefficient (Wildman–Crippen LogP) is 2.94. The first-order valence-electron chi connectivity index (χ1n) is 6.24. The molecule has 0 nitrogen and oxygen atoms in total. The highest BCUT2D eigenvalue weighted by molar-refractivity contribution is 5.19. The molecule has 1 rings (SSSR count). The van der Waals surface area contributed by atoms with E-state index < -0.39 is 25.5 Å². The van der Waals surface area contributed by atoms with Crippen molar-refractivity contribution >= 4 is 0 Å². The van der Waals surface area contributed by atoms with Gasteiger partial charge in [-0.1, -0.05) is 50.2 Å². The zero-order valence-electron chi connectivity index (χ0n) is 11.6. The fourth-order valence-corrected chi connectivity index (χ4v) is 0.800. The molecule has 0 heteroatoms. The standard InChI is InChI=1S/C10H14/c1-9(2)10-7-5-3-4-6-8-10/h3-10H,1-2H3/i1D3,2D3. The van der Waals surface area contributed by atoms with Gasteiger partial charge in [-0.05, 0) is 11.8 Å². The van der Waals surface area contributed by atoms with Crippen LogP contribution in [0.4, 0.5) is 0 Å². The summed E-state index contributed by atoms with van der Waals surface area (Å²) in [6.07, 6.45) is 10.1. The molecule has 0 fully saturated rings. The van der Waals surface area contributed by atoms with Gasteiger partial charge < -0.3 is 0 Å². The average Bonchev–Trinajstić information content (AvgIpc) is 2.27. The minimum atomic E-state index is -2.49. The Balaban J connectivity index is 3.03. The summed E-state index contributed by atoms with van der Waals surface area (Å²) >= 11 is 0. The Hall–Kier alpha value is -0.780. The molecule has 0 unspecified atom stereocenters. The van der Waals surface area contributed by atoms with E-state index in [-0.39, 0.29) is 0 Å². The highest BCUT2D eigenvalue weighted by Crippen LogP contribution is 2.15. The topological polar surface area (TPSA) is 0 Å². The fourth-order valence-electron chi connectivity index (χ4n) is 0.800. The first kappa shape index (κ1) is 2.69. The molecule has 0 aliphatic heterocycles. The van der Waals surface area contributed by atoms with Crippen molar-refractivity contribution in [2.45, 2.75) is 13.7 Å². The largest absolute Gasteiger partial charge is 0.0774 e. The monoisotopic (exact) mass is 140 g/mol. The van der Waals surface area contributed by atoms with Crippen molar-refractivity contribution < 1.29 is 8.22 Å². The summed E-state index contributed by atoms with van der Waals surface area (Å²) in [5.74, 6) is -1.94. The SMILES string of the molecule is [2H]C([2H])([2H])C(C1C=CC=CC=C1)C([2H])([2H])[2H]. The molecule has 0 aromatic rings. The summed E-state index contributed by atoms with van der Waals surface area (Å²) in [5.41, 5.74) is 0. The highest BCUT2D eigenvalue weighted by Gasteiger charge is 2.04. The molecular weight excluding hydrogens is 120 g/mol. The lowest BCUT2D eigenvalue weighted by atomic mass is 9.96. The van der Waals surface area contributed by atoms with Crippen molar-refractivity contribution in [2.75, 3.05) is 0 Å². The van der Waals surface area contributed by atoms with Gasteiger partial charge in [0.05, 0.1) is 0 Å². The Morgan fingerprint density at radius 1 is 1.10 bits per heavy atom. The van der Waals surface area contributed by atoms with Crippen LogP contribution in [0.15, 0.2) is 36.5 Å². The highest BCUT2D eigenvalue weighted by atomic mass is 14.1. The summed E-state index contributed by atoms with van der Waals surface area (Å²) < 4.78 is 44.0. The Bertz CT molecular complexity index is 287. The van der Waals surface area contributed by atoms with E-state index in [1.54, 1.807) is 36.5 Å². The van der Waals surface area contributed by atoms with Gasteiger partial charge in [-0.3, -0.25) is 0 Å². The summed E-state index contributed by atoms with van der Waals surface area (Å²) in [6, 6.07) is 0. The quantitative estimate of drug-likeness (QED) is 0.525. The lowest BCUT2D eigenvalue weighted by Crippen LogP contribution is -2.00. The third-order valence-corrected chi connectivity index (χ3v) is 1.38. The minimum absolute atomic E-state index is 0.588. The lowest BCUT2D eigenvalue weighted by molar-refractivity contribution is 0.551. The van der Waals surface area contributed by atoms with Crippen molar-refractivity contribution in [2.24, 2.45) is 11.8 Å². The smallest absolute Gasteiger partial charge is 0.0233 e. The third-order valence-electron chi connectivity index (χ3n) is 1.38. The second kappa shape index (κ2) is 3.40. The van der Waals surface area contributed by atoms with Crippen molar-refractivity contribution in [3.8, 4) is 0 Å². The van der Waals surface area contributed by atoms with Crippen molar-refractivity contribution in [3.05, 3.63) is 36.5 Å². The Kier molecular flexibility index (Phi) is 0.915. The van der Waals surface area contributed by atoms with Gasteiger partial charge in [0.25, 0.3) is 0 Å². The molecule has 0 N–H and O–H groups in total. The number of hydrogen-bond acceptors (Lipinski definition) is 0. The van der Waals surface area contributed by atoms with Crippen LogP contribution in [0.5, 0.6) is 0 Å². The summed E-state index contributed by atoms with van der Waals surface area (Å²) in [4.78, 5) is 0. The maximum atomic E-state index is 7.34. The van der Waals surface area contributed by atoms with Crippen LogP contribution in [0.3, 0.4) is 0 Å². The van der Waals surface area contributed by atoms with Gasteiger partial charge in [0.2, 0.25) is 0 Å². The first-order valence-corrected chi connectivity index (χ1v) is 3.24. The summed E-state index contributed by atoms with van der Waals surface area (Å²) in [5, 5.41) is 0. The third kappa shape index (κ3) is 1.87. The van der Waals surface area contributed by atoms with Gasteiger partial charge in [0.1, 0.15) is 0 Å². The molecule has 0 radical (unpaired) electrons. The van der Waals surface area contributed by atoms with Gasteiger partial charge in [0.15, 0.2) is 0 Å². The molecule has 54 valence electrons. The second-order valence-electron chi connectivity index (χ2n) is 2.21. The molecule has 1 aliphatic rings. The van der Waals surface area contributed by atoms with E-state index in [0.29, 0.717) is 0 Å². The molecule has 0 spiro atoms. The predicted molar refractivity (Wildman–Crippen MR) is 45.7 cm³/mol. The van der Waals surface area contributed by atoms with Gasteiger partial charge >= 0.3 is 0 Å². The molecule has 0 heterocycles. The van der Waals surface area contributed by atoms with Crippen molar-refractivity contribution in [1.82, 2.24) is 0 Å². The normalized spacial score (nSPS) is 29.7. The van der Waals surface area contributed by atoms with E-state index in [1.165, 1.54) is 0 Å². The molecule has 0 aromatic heterocycles. The summed E-state index contributed by atoms with van der Waals surface area (Å²) in [6.45, 7) is -4.98. The van der Waals surface area contributed by atoms with E-state index in [2.05, 4.69) is 0 Å². The van der Waals surface area contributed by atoms with Crippen LogP contribution in [-0.4, -0.2) is 0 Å². The van der Waals surface area contributed by atoms with Gasteiger partial charge in [-0.25, -0.2) is 0 Å². The molecule has 1 aliphatic carbocycles. The number of allylic oxidation sites excluding steroid dienone is 6. The lowest BCUT2D eigenvalue weighted by Gasteiger charge is -2.09. The van der Waals surface area contributed by atoms with E-state index >= 15 is 0 Å². The van der Waals surface area contributed by atoms with Crippen LogP contribution in [0.2, 0.25) is 0 Å². The average molecular weight is 140 g/mol.